The molecule has 10 heteroatoms. The van der Waals surface area contributed by atoms with Crippen molar-refractivity contribution in [3.8, 4) is 29.1 Å². The molecule has 0 saturated carbocycles. The maximum Gasteiger partial charge on any atom is 0.223 e. The van der Waals surface area contributed by atoms with E-state index in [1.165, 1.54) is 0 Å². The van der Waals surface area contributed by atoms with E-state index in [-0.39, 0.29) is 52.7 Å². The zero-order chi connectivity index (χ0) is 33.7. The topological polar surface area (TPSA) is 98.2 Å². The van der Waals surface area contributed by atoms with Crippen LogP contribution in [-0.2, 0) is 4.79 Å². The number of halogens is 2. The summed E-state index contributed by atoms with van der Waals surface area (Å²) in [6.45, 7) is 5.09. The lowest BCUT2D eigenvalue weighted by Crippen LogP contribution is -2.45. The van der Waals surface area contributed by atoms with E-state index in [0.717, 1.165) is 35.7 Å². The molecule has 0 aliphatic carbocycles. The van der Waals surface area contributed by atoms with Gasteiger partial charge in [0.15, 0.2) is 5.82 Å². The van der Waals surface area contributed by atoms with E-state index < -0.39 is 5.82 Å². The number of hydrogen-bond acceptors (Lipinski definition) is 6. The first-order valence-electron chi connectivity index (χ1n) is 16.5. The van der Waals surface area contributed by atoms with Crippen molar-refractivity contribution in [3.63, 3.8) is 0 Å². The molecule has 5 aromatic rings. The lowest BCUT2D eigenvalue weighted by Gasteiger charge is -2.39. The number of amides is 1. The van der Waals surface area contributed by atoms with Gasteiger partial charge in [0.25, 0.3) is 0 Å². The van der Waals surface area contributed by atoms with Gasteiger partial charge in [-0.1, -0.05) is 41.9 Å². The third-order valence-electron chi connectivity index (χ3n) is 10.3. The van der Waals surface area contributed by atoms with Gasteiger partial charge in [-0.15, -0.1) is 0 Å². The average Bonchev–Trinajstić information content (AvgIpc) is 3.72. The quantitative estimate of drug-likeness (QED) is 0.183. The second kappa shape index (κ2) is 12.7. The fourth-order valence-corrected chi connectivity index (χ4v) is 8.32. The molecule has 48 heavy (non-hydrogen) atoms. The molecular weight excluding hydrogens is 627 g/mol. The first-order chi connectivity index (χ1) is 23.2. The van der Waals surface area contributed by atoms with E-state index in [2.05, 4.69) is 28.7 Å². The van der Waals surface area contributed by atoms with Crippen LogP contribution in [0.3, 0.4) is 0 Å². The molecule has 1 amide bonds. The maximum atomic E-state index is 17.2. The van der Waals surface area contributed by atoms with Gasteiger partial charge >= 0.3 is 0 Å². The molecule has 7 rings (SSSR count). The zero-order valence-corrected chi connectivity index (χ0v) is 28.0. The van der Waals surface area contributed by atoms with Gasteiger partial charge in [0.05, 0.1) is 40.0 Å². The van der Waals surface area contributed by atoms with Gasteiger partial charge in [0.1, 0.15) is 11.6 Å². The van der Waals surface area contributed by atoms with Crippen LogP contribution >= 0.6 is 11.6 Å². The second-order valence-corrected chi connectivity index (χ2v) is 13.5. The summed E-state index contributed by atoms with van der Waals surface area (Å²) in [4.78, 5) is 21.3. The molecule has 2 aromatic heterocycles. The summed E-state index contributed by atoms with van der Waals surface area (Å²) in [6, 6.07) is 19.1. The normalized spacial score (nSPS) is 20.6. The van der Waals surface area contributed by atoms with E-state index in [0.29, 0.717) is 47.2 Å². The number of likely N-dealkylation sites (N-methyl/N-ethyl adjacent to an activating group) is 1. The number of benzene rings is 3. The molecule has 4 atom stereocenters. The van der Waals surface area contributed by atoms with Crippen LogP contribution in [0.15, 0.2) is 54.7 Å². The van der Waals surface area contributed by atoms with Crippen molar-refractivity contribution in [2.75, 3.05) is 20.1 Å². The summed E-state index contributed by atoms with van der Waals surface area (Å²) in [5.74, 6) is -0.283. The van der Waals surface area contributed by atoms with E-state index in [1.54, 1.807) is 30.0 Å². The van der Waals surface area contributed by atoms with Crippen molar-refractivity contribution in [1.29, 1.82) is 10.5 Å². The Bertz CT molecular complexity index is 2160. The first-order valence-corrected chi connectivity index (χ1v) is 16.8. The minimum absolute atomic E-state index is 0.0448. The van der Waals surface area contributed by atoms with Crippen LogP contribution in [0.4, 0.5) is 4.39 Å². The van der Waals surface area contributed by atoms with Crippen molar-refractivity contribution in [2.24, 2.45) is 0 Å². The van der Waals surface area contributed by atoms with Gasteiger partial charge in [-0.2, -0.15) is 10.5 Å². The van der Waals surface area contributed by atoms with Gasteiger partial charge in [-0.25, -0.2) is 9.37 Å². The fraction of sp³-hybridized carbons (Fsp3) is 0.368. The van der Waals surface area contributed by atoms with Crippen LogP contribution in [0.2, 0.25) is 5.02 Å². The predicted octanol–water partition coefficient (Wildman–Crippen LogP) is 8.00. The molecule has 3 aromatic carbocycles. The summed E-state index contributed by atoms with van der Waals surface area (Å²) in [7, 11) is 2.09. The SMILES string of the molecule is CC(=O)N1CC[C@H](n2ccc3c(OC(C)[C@@H]4CCCN4C)nc4c(F)c(-c5cccc6cccc(C#N)c56)c(Cl)cc4c32)C[C@H]1CC#N. The number of aromatic nitrogens is 2. The molecule has 0 spiro atoms. The summed E-state index contributed by atoms with van der Waals surface area (Å²) in [5, 5.41) is 22.4. The lowest BCUT2D eigenvalue weighted by atomic mass is 9.93. The first kappa shape index (κ1) is 31.9. The summed E-state index contributed by atoms with van der Waals surface area (Å²) in [5.41, 5.74) is 2.01. The van der Waals surface area contributed by atoms with Gasteiger partial charge in [0.2, 0.25) is 11.8 Å². The van der Waals surface area contributed by atoms with Crippen LogP contribution < -0.4 is 4.74 Å². The monoisotopic (exact) mass is 662 g/mol. The number of rotatable bonds is 6. The van der Waals surface area contributed by atoms with E-state index in [9.17, 15) is 15.3 Å². The summed E-state index contributed by atoms with van der Waals surface area (Å²) >= 11 is 7.01. The highest BCUT2D eigenvalue weighted by Gasteiger charge is 2.33. The predicted molar refractivity (Wildman–Crippen MR) is 185 cm³/mol. The molecule has 2 fully saturated rings. The van der Waals surface area contributed by atoms with Crippen molar-refractivity contribution in [3.05, 3.63) is 71.1 Å². The average molecular weight is 663 g/mol. The number of ether oxygens (including phenoxy) is 1. The van der Waals surface area contributed by atoms with Crippen LogP contribution in [0, 0.1) is 28.5 Å². The fourth-order valence-electron chi connectivity index (χ4n) is 8.03. The summed E-state index contributed by atoms with van der Waals surface area (Å²) in [6.07, 6.45) is 5.36. The zero-order valence-electron chi connectivity index (χ0n) is 27.2. The molecule has 1 unspecified atom stereocenters. The van der Waals surface area contributed by atoms with Crippen LogP contribution in [0.25, 0.3) is 43.7 Å². The Morgan fingerprint density at radius 2 is 1.94 bits per heavy atom. The molecule has 2 saturated heterocycles. The lowest BCUT2D eigenvalue weighted by molar-refractivity contribution is -0.132. The highest BCUT2D eigenvalue weighted by atomic mass is 35.5. The van der Waals surface area contributed by atoms with Crippen molar-refractivity contribution in [1.82, 2.24) is 19.4 Å². The molecule has 0 bridgehead atoms. The Morgan fingerprint density at radius 3 is 2.65 bits per heavy atom. The number of nitriles is 2. The number of hydrogen-bond donors (Lipinski definition) is 0. The number of piperidine rings is 1. The van der Waals surface area contributed by atoms with E-state index in [1.807, 2.05) is 43.5 Å². The van der Waals surface area contributed by atoms with Crippen LogP contribution in [0.1, 0.15) is 57.6 Å². The van der Waals surface area contributed by atoms with Crippen LogP contribution in [0.5, 0.6) is 5.88 Å². The molecule has 8 nitrogen and oxygen atoms in total. The van der Waals surface area contributed by atoms with Crippen molar-refractivity contribution in [2.45, 2.75) is 70.2 Å². The number of pyridine rings is 1. The van der Waals surface area contributed by atoms with E-state index >= 15 is 4.39 Å². The molecule has 2 aliphatic heterocycles. The Balaban J connectivity index is 1.45. The minimum atomic E-state index is -0.586. The molecule has 244 valence electrons. The molecule has 2 aliphatic rings. The number of carbonyl (C=O) groups excluding carboxylic acids is 1. The van der Waals surface area contributed by atoms with Gasteiger partial charge in [0, 0.05) is 54.1 Å². The Hall–Kier alpha value is -4.70. The smallest absolute Gasteiger partial charge is 0.223 e. The highest BCUT2D eigenvalue weighted by molar-refractivity contribution is 6.35. The molecule has 0 N–H and O–H groups in total. The van der Waals surface area contributed by atoms with Crippen molar-refractivity contribution < 1.29 is 13.9 Å². The minimum Gasteiger partial charge on any atom is -0.472 e. The molecule has 4 heterocycles. The molecule has 0 radical (unpaired) electrons. The third kappa shape index (κ3) is 5.32. The number of fused-ring (bicyclic) bond motifs is 4. The maximum absolute atomic E-state index is 17.2. The number of likely N-dealkylation sites (tertiary alicyclic amines) is 2. The van der Waals surface area contributed by atoms with Crippen molar-refractivity contribution >= 4 is 50.1 Å². The van der Waals surface area contributed by atoms with E-state index in [4.69, 9.17) is 21.3 Å². The van der Waals surface area contributed by atoms with Gasteiger partial charge in [-0.05, 0) is 75.3 Å². The number of carbonyl (C=O) groups is 1. The third-order valence-corrected chi connectivity index (χ3v) is 10.6. The van der Waals surface area contributed by atoms with Gasteiger partial charge in [-0.3, -0.25) is 9.69 Å². The largest absolute Gasteiger partial charge is 0.472 e. The Kier molecular flexibility index (Phi) is 8.45. The number of nitrogens with zero attached hydrogens (tertiary/aromatic N) is 6. The second-order valence-electron chi connectivity index (χ2n) is 13.1. The Morgan fingerprint density at radius 1 is 1.15 bits per heavy atom. The standard InChI is InChI=1S/C38H36ClFN6O2/c1-22(32-11-6-16-44(32)3)48-38-29-14-18-46(27-13-17-45(23(2)47)26(19-27)12-15-41)37(29)30-20-31(39)34(35(40)36(30)43-38)28-10-5-8-24-7-4-9-25(21-42)33(24)28/h4-5,7-10,14,18,20,22,26-27,32H,6,11-13,16-17,19H2,1-3H3/t22?,26-,27+,32+/m1/s1. The highest BCUT2D eigenvalue weighted by Crippen LogP contribution is 2.44. The Labute approximate surface area is 283 Å². The van der Waals surface area contributed by atoms with Gasteiger partial charge < -0.3 is 14.2 Å². The summed E-state index contributed by atoms with van der Waals surface area (Å²) < 4.78 is 25.9. The molecular formula is C38H36ClFN6O2. The van der Waals surface area contributed by atoms with Crippen LogP contribution in [-0.4, -0.2) is 63.6 Å².